The Morgan fingerprint density at radius 1 is 1.39 bits per heavy atom. The molecule has 2 rings (SSSR count). The monoisotopic (exact) mass is 300 g/mol. The number of rotatable bonds is 5. The van der Waals surface area contributed by atoms with Crippen LogP contribution >= 0.6 is 34.3 Å². The maximum absolute atomic E-state index is 5.96. The standard InChI is InChI=1S/C13H17ClN2S2/c1-9-5-6-17-13(9)11(7-15)16(2)8-10-3-4-12(14)18-10/h3-6,11H,7-8,15H2,1-2H3. The van der Waals surface area contributed by atoms with Crippen LogP contribution in [0.15, 0.2) is 23.6 Å². The first kappa shape index (κ1) is 14.0. The van der Waals surface area contributed by atoms with Crippen LogP contribution in [0.5, 0.6) is 0 Å². The molecule has 18 heavy (non-hydrogen) atoms. The lowest BCUT2D eigenvalue weighted by atomic mass is 10.1. The molecule has 1 atom stereocenters. The second-order valence-corrected chi connectivity index (χ2v) is 7.09. The average molecular weight is 301 g/mol. The van der Waals surface area contributed by atoms with Crippen LogP contribution in [-0.4, -0.2) is 18.5 Å². The van der Waals surface area contributed by atoms with Gasteiger partial charge < -0.3 is 5.73 Å². The minimum atomic E-state index is 0.283. The van der Waals surface area contributed by atoms with E-state index in [2.05, 4.69) is 36.4 Å². The Hall–Kier alpha value is -0.390. The Bertz CT molecular complexity index is 507. The number of nitrogens with zero attached hydrogens (tertiary/aromatic N) is 1. The molecule has 2 nitrogen and oxygen atoms in total. The highest BCUT2D eigenvalue weighted by Gasteiger charge is 2.19. The molecule has 0 aliphatic carbocycles. The van der Waals surface area contributed by atoms with Gasteiger partial charge in [-0.1, -0.05) is 11.6 Å². The van der Waals surface area contributed by atoms with Gasteiger partial charge in [0.1, 0.15) is 0 Å². The van der Waals surface area contributed by atoms with Crippen LogP contribution in [0.4, 0.5) is 0 Å². The number of halogens is 1. The summed E-state index contributed by atoms with van der Waals surface area (Å²) in [6.07, 6.45) is 0. The molecule has 0 saturated heterocycles. The molecule has 0 fully saturated rings. The first-order valence-corrected chi connectivity index (χ1v) is 7.87. The average Bonchev–Trinajstić information content (AvgIpc) is 2.90. The van der Waals surface area contributed by atoms with Gasteiger partial charge in [-0.15, -0.1) is 22.7 Å². The van der Waals surface area contributed by atoms with Gasteiger partial charge in [-0.25, -0.2) is 0 Å². The number of likely N-dealkylation sites (N-methyl/N-ethyl adjacent to an activating group) is 1. The summed E-state index contributed by atoms with van der Waals surface area (Å²) in [5.41, 5.74) is 7.26. The van der Waals surface area contributed by atoms with Gasteiger partial charge in [-0.3, -0.25) is 4.90 Å². The van der Waals surface area contributed by atoms with Crippen molar-refractivity contribution >= 4 is 34.3 Å². The van der Waals surface area contributed by atoms with Crippen molar-refractivity contribution in [1.82, 2.24) is 4.90 Å². The molecule has 0 saturated carbocycles. The largest absolute Gasteiger partial charge is 0.329 e. The molecule has 0 spiro atoms. The molecule has 2 N–H and O–H groups in total. The highest BCUT2D eigenvalue weighted by atomic mass is 35.5. The number of hydrogen-bond donors (Lipinski definition) is 1. The van der Waals surface area contributed by atoms with Gasteiger partial charge >= 0.3 is 0 Å². The third-order valence-corrected chi connectivity index (χ3v) is 5.33. The fourth-order valence-electron chi connectivity index (χ4n) is 2.01. The van der Waals surface area contributed by atoms with Crippen LogP contribution in [0.1, 0.15) is 21.4 Å². The van der Waals surface area contributed by atoms with E-state index in [9.17, 15) is 0 Å². The molecule has 0 aromatic carbocycles. The molecule has 98 valence electrons. The molecule has 0 amide bonds. The predicted molar refractivity (Wildman–Crippen MR) is 81.6 cm³/mol. The smallest absolute Gasteiger partial charge is 0.0931 e. The van der Waals surface area contributed by atoms with Crippen molar-refractivity contribution in [2.24, 2.45) is 5.73 Å². The zero-order valence-electron chi connectivity index (χ0n) is 10.5. The minimum Gasteiger partial charge on any atom is -0.329 e. The van der Waals surface area contributed by atoms with Crippen molar-refractivity contribution in [3.8, 4) is 0 Å². The third-order valence-electron chi connectivity index (χ3n) is 2.99. The summed E-state index contributed by atoms with van der Waals surface area (Å²) in [4.78, 5) is 4.93. The summed E-state index contributed by atoms with van der Waals surface area (Å²) in [5.74, 6) is 0. The van der Waals surface area contributed by atoms with Crippen molar-refractivity contribution in [3.05, 3.63) is 43.2 Å². The number of aryl methyl sites for hydroxylation is 1. The molecule has 2 aromatic heterocycles. The highest BCUT2D eigenvalue weighted by molar-refractivity contribution is 7.16. The summed E-state index contributed by atoms with van der Waals surface area (Å²) in [7, 11) is 2.12. The number of thiophene rings is 2. The van der Waals surface area contributed by atoms with Gasteiger partial charge in [0.15, 0.2) is 0 Å². The topological polar surface area (TPSA) is 29.3 Å². The van der Waals surface area contributed by atoms with Crippen LogP contribution in [-0.2, 0) is 6.54 Å². The Labute approximate surface area is 121 Å². The van der Waals surface area contributed by atoms with E-state index in [-0.39, 0.29) is 6.04 Å². The summed E-state index contributed by atoms with van der Waals surface area (Å²) < 4.78 is 0.843. The van der Waals surface area contributed by atoms with Crippen molar-refractivity contribution in [2.75, 3.05) is 13.6 Å². The van der Waals surface area contributed by atoms with E-state index in [1.807, 2.05) is 6.07 Å². The lowest BCUT2D eigenvalue weighted by Crippen LogP contribution is -2.29. The SMILES string of the molecule is Cc1ccsc1C(CN)N(C)Cc1ccc(Cl)s1. The second-order valence-electron chi connectivity index (χ2n) is 4.34. The maximum Gasteiger partial charge on any atom is 0.0931 e. The summed E-state index contributed by atoms with van der Waals surface area (Å²) >= 11 is 9.37. The minimum absolute atomic E-state index is 0.283. The van der Waals surface area contributed by atoms with E-state index in [4.69, 9.17) is 17.3 Å². The van der Waals surface area contributed by atoms with Crippen molar-refractivity contribution < 1.29 is 0 Å². The lowest BCUT2D eigenvalue weighted by Gasteiger charge is -2.26. The normalized spacial score (nSPS) is 13.2. The molecule has 5 heteroatoms. The molecule has 2 heterocycles. The Morgan fingerprint density at radius 2 is 2.17 bits per heavy atom. The quantitative estimate of drug-likeness (QED) is 0.907. The van der Waals surface area contributed by atoms with Crippen molar-refractivity contribution in [3.63, 3.8) is 0 Å². The Balaban J connectivity index is 2.11. The lowest BCUT2D eigenvalue weighted by molar-refractivity contribution is 0.246. The first-order chi connectivity index (χ1) is 8.61. The van der Waals surface area contributed by atoms with Gasteiger partial charge in [0, 0.05) is 22.8 Å². The molecular weight excluding hydrogens is 284 g/mol. The Morgan fingerprint density at radius 3 is 2.67 bits per heavy atom. The van der Waals surface area contributed by atoms with Gasteiger partial charge in [0.05, 0.1) is 10.4 Å². The first-order valence-electron chi connectivity index (χ1n) is 5.80. The number of hydrogen-bond acceptors (Lipinski definition) is 4. The predicted octanol–water partition coefficient (Wildman–Crippen LogP) is 3.90. The second kappa shape index (κ2) is 6.17. The van der Waals surface area contributed by atoms with Gasteiger partial charge in [-0.2, -0.15) is 0 Å². The van der Waals surface area contributed by atoms with Crippen molar-refractivity contribution in [2.45, 2.75) is 19.5 Å². The van der Waals surface area contributed by atoms with E-state index in [1.54, 1.807) is 22.7 Å². The highest BCUT2D eigenvalue weighted by Crippen LogP contribution is 2.30. The van der Waals surface area contributed by atoms with Crippen LogP contribution in [0.25, 0.3) is 0 Å². The van der Waals surface area contributed by atoms with Gasteiger partial charge in [-0.05, 0) is 43.1 Å². The molecule has 0 aliphatic rings. The van der Waals surface area contributed by atoms with E-state index in [0.29, 0.717) is 6.54 Å². The van der Waals surface area contributed by atoms with E-state index in [1.165, 1.54) is 15.3 Å². The van der Waals surface area contributed by atoms with Gasteiger partial charge in [0.25, 0.3) is 0 Å². The molecule has 2 aromatic rings. The van der Waals surface area contributed by atoms with Crippen LogP contribution in [0.3, 0.4) is 0 Å². The Kier molecular flexibility index (Phi) is 4.81. The molecule has 1 unspecified atom stereocenters. The number of nitrogens with two attached hydrogens (primary N) is 1. The fourth-order valence-corrected chi connectivity index (χ4v) is 4.26. The summed E-state index contributed by atoms with van der Waals surface area (Å²) in [5, 5.41) is 2.13. The zero-order valence-corrected chi connectivity index (χ0v) is 12.9. The zero-order chi connectivity index (χ0) is 13.1. The molecule has 0 aliphatic heterocycles. The molecule has 0 radical (unpaired) electrons. The van der Waals surface area contributed by atoms with Gasteiger partial charge in [0.2, 0.25) is 0 Å². The fraction of sp³-hybridized carbons (Fsp3) is 0.385. The van der Waals surface area contributed by atoms with Crippen LogP contribution in [0.2, 0.25) is 4.34 Å². The molecular formula is C13H17ClN2S2. The maximum atomic E-state index is 5.96. The summed E-state index contributed by atoms with van der Waals surface area (Å²) in [6, 6.07) is 6.46. The van der Waals surface area contributed by atoms with Crippen LogP contribution in [0, 0.1) is 6.92 Å². The molecule has 0 bridgehead atoms. The summed E-state index contributed by atoms with van der Waals surface area (Å²) in [6.45, 7) is 3.66. The van der Waals surface area contributed by atoms with Crippen LogP contribution < -0.4 is 5.73 Å². The third kappa shape index (κ3) is 3.13. The van der Waals surface area contributed by atoms with Crippen molar-refractivity contribution in [1.29, 1.82) is 0 Å². The van der Waals surface area contributed by atoms with E-state index >= 15 is 0 Å². The van der Waals surface area contributed by atoms with E-state index < -0.39 is 0 Å². The van der Waals surface area contributed by atoms with E-state index in [0.717, 1.165) is 10.9 Å².